The highest BCUT2D eigenvalue weighted by molar-refractivity contribution is 4.94. The van der Waals surface area contributed by atoms with Crippen molar-refractivity contribution in [1.29, 1.82) is 0 Å². The van der Waals surface area contributed by atoms with Crippen LogP contribution in [0.15, 0.2) is 0 Å². The molecule has 3 rings (SSSR count). The van der Waals surface area contributed by atoms with Gasteiger partial charge in [-0.3, -0.25) is 0 Å². The lowest BCUT2D eigenvalue weighted by Crippen LogP contribution is -2.58. The Labute approximate surface area is 150 Å². The Morgan fingerprint density at radius 2 is 0.917 bits per heavy atom. The zero-order valence-electron chi connectivity index (χ0n) is 16.7. The Kier molecular flexibility index (Phi) is 6.65. The second-order valence-electron chi connectivity index (χ2n) is 9.83. The lowest BCUT2D eigenvalue weighted by molar-refractivity contribution is 0.151. The highest BCUT2D eigenvalue weighted by atomic mass is 15.1. The quantitative estimate of drug-likeness (QED) is 0.745. The van der Waals surface area contributed by atoms with E-state index in [-0.39, 0.29) is 0 Å². The molecule has 3 fully saturated rings. The van der Waals surface area contributed by atoms with E-state index in [1.165, 1.54) is 64.2 Å². The van der Waals surface area contributed by atoms with Gasteiger partial charge < -0.3 is 10.6 Å². The summed E-state index contributed by atoms with van der Waals surface area (Å²) in [7, 11) is 0. The van der Waals surface area contributed by atoms with Gasteiger partial charge in [-0.15, -0.1) is 0 Å². The Morgan fingerprint density at radius 3 is 1.33 bits per heavy atom. The summed E-state index contributed by atoms with van der Waals surface area (Å²) in [5, 5.41) is 8.28. The molecule has 3 aliphatic rings. The van der Waals surface area contributed by atoms with Gasteiger partial charge in [-0.05, 0) is 62.2 Å². The third-order valence-corrected chi connectivity index (χ3v) is 7.54. The van der Waals surface area contributed by atoms with Crippen LogP contribution in [0, 0.1) is 23.7 Å². The summed E-state index contributed by atoms with van der Waals surface area (Å²) in [5.74, 6) is 3.54. The first kappa shape index (κ1) is 18.7. The van der Waals surface area contributed by atoms with Gasteiger partial charge in [-0.2, -0.15) is 0 Å². The molecule has 0 amide bonds. The van der Waals surface area contributed by atoms with Crippen molar-refractivity contribution in [2.75, 3.05) is 0 Å². The topological polar surface area (TPSA) is 24.1 Å². The smallest absolute Gasteiger partial charge is 0.0224 e. The molecule has 2 heteroatoms. The predicted molar refractivity (Wildman–Crippen MR) is 104 cm³/mol. The lowest BCUT2D eigenvalue weighted by Gasteiger charge is -2.43. The Morgan fingerprint density at radius 1 is 0.500 bits per heavy atom. The molecule has 0 radical (unpaired) electrons. The monoisotopic (exact) mass is 334 g/mol. The van der Waals surface area contributed by atoms with E-state index in [1.807, 2.05) is 0 Å². The van der Waals surface area contributed by atoms with Crippen molar-refractivity contribution in [1.82, 2.24) is 10.6 Å². The average Bonchev–Trinajstić information content (AvgIpc) is 2.56. The molecule has 2 N–H and O–H groups in total. The zero-order valence-corrected chi connectivity index (χ0v) is 16.7. The molecule has 0 aromatic carbocycles. The van der Waals surface area contributed by atoms with Crippen LogP contribution in [-0.4, -0.2) is 24.2 Å². The van der Waals surface area contributed by atoms with E-state index in [0.717, 1.165) is 35.8 Å². The molecule has 0 aromatic heterocycles. The van der Waals surface area contributed by atoms with E-state index in [2.05, 4.69) is 38.3 Å². The van der Waals surface area contributed by atoms with Crippen molar-refractivity contribution >= 4 is 0 Å². The van der Waals surface area contributed by atoms with Crippen molar-refractivity contribution in [2.45, 2.75) is 116 Å². The van der Waals surface area contributed by atoms with E-state index in [9.17, 15) is 0 Å². The molecule has 8 atom stereocenters. The minimum atomic E-state index is 0.709. The van der Waals surface area contributed by atoms with Gasteiger partial charge in [0.15, 0.2) is 0 Å². The summed E-state index contributed by atoms with van der Waals surface area (Å²) in [6.07, 6.45) is 14.1. The zero-order chi connectivity index (χ0) is 17.1. The first-order valence-corrected chi connectivity index (χ1v) is 11.0. The van der Waals surface area contributed by atoms with Crippen molar-refractivity contribution in [2.24, 2.45) is 23.7 Å². The van der Waals surface area contributed by atoms with Crippen LogP contribution in [0.2, 0.25) is 0 Å². The van der Waals surface area contributed by atoms with E-state index in [1.54, 1.807) is 0 Å². The van der Waals surface area contributed by atoms with E-state index in [0.29, 0.717) is 12.1 Å². The fourth-order valence-corrected chi connectivity index (χ4v) is 5.61. The van der Waals surface area contributed by atoms with Crippen LogP contribution in [0.4, 0.5) is 0 Å². The van der Waals surface area contributed by atoms with Crippen LogP contribution in [0.25, 0.3) is 0 Å². The van der Waals surface area contributed by atoms with Crippen LogP contribution < -0.4 is 10.6 Å². The molecule has 24 heavy (non-hydrogen) atoms. The summed E-state index contributed by atoms with van der Waals surface area (Å²) in [4.78, 5) is 0. The maximum absolute atomic E-state index is 4.14. The fraction of sp³-hybridized carbons (Fsp3) is 1.00. The molecule has 3 saturated carbocycles. The van der Waals surface area contributed by atoms with Gasteiger partial charge in [0.25, 0.3) is 0 Å². The summed E-state index contributed by atoms with van der Waals surface area (Å²) >= 11 is 0. The molecule has 140 valence electrons. The Bertz CT molecular complexity index is 346. The largest absolute Gasteiger partial charge is 0.309 e. The molecular formula is C22H42N2. The highest BCUT2D eigenvalue weighted by Crippen LogP contribution is 2.32. The van der Waals surface area contributed by atoms with Crippen LogP contribution in [-0.2, 0) is 0 Å². The number of hydrogen-bond acceptors (Lipinski definition) is 2. The summed E-state index contributed by atoms with van der Waals surface area (Å²) in [6, 6.07) is 2.93. The molecular weight excluding hydrogens is 292 g/mol. The molecule has 3 aliphatic carbocycles. The SMILES string of the molecule is CC1CCC(C)C(NC2CCCCC2NC2CC(C)CCC2C)C1. The van der Waals surface area contributed by atoms with Gasteiger partial charge in [-0.1, -0.05) is 53.4 Å². The molecule has 0 heterocycles. The van der Waals surface area contributed by atoms with Crippen LogP contribution in [0.1, 0.15) is 91.9 Å². The second kappa shape index (κ2) is 8.54. The summed E-state index contributed by atoms with van der Waals surface area (Å²) in [6.45, 7) is 9.84. The fourth-order valence-electron chi connectivity index (χ4n) is 5.61. The van der Waals surface area contributed by atoms with Gasteiger partial charge >= 0.3 is 0 Å². The third kappa shape index (κ3) is 4.75. The molecule has 2 nitrogen and oxygen atoms in total. The van der Waals surface area contributed by atoms with Crippen molar-refractivity contribution in [3.05, 3.63) is 0 Å². The van der Waals surface area contributed by atoms with Crippen molar-refractivity contribution in [3.8, 4) is 0 Å². The molecule has 0 spiro atoms. The minimum absolute atomic E-state index is 0.709. The molecule has 0 aromatic rings. The maximum atomic E-state index is 4.14. The molecule has 0 aliphatic heterocycles. The van der Waals surface area contributed by atoms with Gasteiger partial charge in [0.2, 0.25) is 0 Å². The van der Waals surface area contributed by atoms with E-state index in [4.69, 9.17) is 0 Å². The normalized spacial score (nSPS) is 47.5. The van der Waals surface area contributed by atoms with E-state index < -0.39 is 0 Å². The third-order valence-electron chi connectivity index (χ3n) is 7.54. The highest BCUT2D eigenvalue weighted by Gasteiger charge is 2.34. The molecule has 0 saturated heterocycles. The maximum Gasteiger partial charge on any atom is 0.0224 e. The van der Waals surface area contributed by atoms with Gasteiger partial charge in [0, 0.05) is 24.2 Å². The standard InChI is InChI=1S/C22H42N2/c1-15-9-11-17(3)21(13-15)23-19-7-5-6-8-20(19)24-22-14-16(2)10-12-18(22)4/h15-24H,5-14H2,1-4H3. The van der Waals surface area contributed by atoms with Crippen molar-refractivity contribution in [3.63, 3.8) is 0 Å². The average molecular weight is 335 g/mol. The van der Waals surface area contributed by atoms with Gasteiger partial charge in [0.1, 0.15) is 0 Å². The van der Waals surface area contributed by atoms with Gasteiger partial charge in [-0.25, -0.2) is 0 Å². The number of nitrogens with one attached hydrogen (secondary N) is 2. The van der Waals surface area contributed by atoms with Crippen LogP contribution in [0.5, 0.6) is 0 Å². The summed E-state index contributed by atoms with van der Waals surface area (Å²) in [5.41, 5.74) is 0. The first-order valence-electron chi connectivity index (χ1n) is 11.0. The van der Waals surface area contributed by atoms with Gasteiger partial charge in [0.05, 0.1) is 0 Å². The van der Waals surface area contributed by atoms with Crippen LogP contribution in [0.3, 0.4) is 0 Å². The predicted octanol–water partition coefficient (Wildman–Crippen LogP) is 5.13. The second-order valence-corrected chi connectivity index (χ2v) is 9.83. The van der Waals surface area contributed by atoms with Crippen LogP contribution >= 0.6 is 0 Å². The minimum Gasteiger partial charge on any atom is -0.309 e. The Balaban J connectivity index is 1.58. The molecule has 0 bridgehead atoms. The lowest BCUT2D eigenvalue weighted by atomic mass is 9.77. The van der Waals surface area contributed by atoms with Crippen molar-refractivity contribution < 1.29 is 0 Å². The first-order chi connectivity index (χ1) is 11.5. The Hall–Kier alpha value is -0.0800. The number of rotatable bonds is 4. The van der Waals surface area contributed by atoms with E-state index >= 15 is 0 Å². The summed E-state index contributed by atoms with van der Waals surface area (Å²) < 4.78 is 0. The molecule has 8 unspecified atom stereocenters. The number of hydrogen-bond donors (Lipinski definition) is 2.